The van der Waals surface area contributed by atoms with Crippen molar-refractivity contribution >= 4 is 34.9 Å². The summed E-state index contributed by atoms with van der Waals surface area (Å²) in [5.41, 5.74) is 0.378. The molecule has 7 nitrogen and oxygen atoms in total. The summed E-state index contributed by atoms with van der Waals surface area (Å²) >= 11 is 11.8. The largest absolute Gasteiger partial charge is 0.497 e. The second-order valence-electron chi connectivity index (χ2n) is 5.88. The van der Waals surface area contributed by atoms with Gasteiger partial charge in [-0.2, -0.15) is 5.26 Å². The Labute approximate surface area is 175 Å². The lowest BCUT2D eigenvalue weighted by atomic mass is 10.1. The van der Waals surface area contributed by atoms with E-state index in [0.717, 1.165) is 0 Å². The first-order chi connectivity index (χ1) is 13.9. The predicted octanol–water partition coefficient (Wildman–Crippen LogP) is 3.92. The SMILES string of the molecule is COc1ccc(-c2nc(NCC(=O)c3ccc(Cl)c(Cl)c3)[nH]c(=O)c2C#N)cc1. The molecule has 146 valence electrons. The maximum Gasteiger partial charge on any atom is 0.270 e. The minimum atomic E-state index is -0.613. The Balaban J connectivity index is 1.87. The number of methoxy groups -OCH3 is 1. The topological polar surface area (TPSA) is 108 Å². The van der Waals surface area contributed by atoms with Crippen molar-refractivity contribution in [3.05, 3.63) is 74.0 Å². The number of ketones is 1. The lowest BCUT2D eigenvalue weighted by Gasteiger charge is -2.09. The van der Waals surface area contributed by atoms with Crippen molar-refractivity contribution in [1.29, 1.82) is 5.26 Å². The van der Waals surface area contributed by atoms with Crippen LogP contribution in [0.1, 0.15) is 15.9 Å². The second-order valence-corrected chi connectivity index (χ2v) is 6.70. The van der Waals surface area contributed by atoms with Crippen LogP contribution in [0.3, 0.4) is 0 Å². The molecule has 3 rings (SSSR count). The molecule has 0 bridgehead atoms. The van der Waals surface area contributed by atoms with Gasteiger partial charge in [-0.05, 0) is 42.5 Å². The smallest absolute Gasteiger partial charge is 0.270 e. The van der Waals surface area contributed by atoms with Crippen LogP contribution in [0.25, 0.3) is 11.3 Å². The molecule has 0 amide bonds. The summed E-state index contributed by atoms with van der Waals surface area (Å²) in [5.74, 6) is 0.414. The standard InChI is InChI=1S/C20H14Cl2N4O3/c1-29-13-5-2-11(3-6-13)18-14(9-23)19(28)26-20(25-18)24-10-17(27)12-4-7-15(21)16(22)8-12/h2-8H,10H2,1H3,(H2,24,25,26,28). The number of H-pyrrole nitrogens is 1. The molecule has 0 radical (unpaired) electrons. The molecular formula is C20H14Cl2N4O3. The fraction of sp³-hybridized carbons (Fsp3) is 0.100. The summed E-state index contributed by atoms with van der Waals surface area (Å²) in [7, 11) is 1.54. The monoisotopic (exact) mass is 428 g/mol. The minimum absolute atomic E-state index is 0.0632. The van der Waals surface area contributed by atoms with Crippen LogP contribution >= 0.6 is 23.2 Å². The van der Waals surface area contributed by atoms with Crippen molar-refractivity contribution in [3.63, 3.8) is 0 Å². The molecule has 0 aliphatic rings. The van der Waals surface area contributed by atoms with Crippen LogP contribution in [-0.2, 0) is 0 Å². The number of hydrogen-bond donors (Lipinski definition) is 2. The number of halogens is 2. The molecule has 29 heavy (non-hydrogen) atoms. The number of carbonyl (C=O) groups is 1. The Morgan fingerprint density at radius 2 is 1.93 bits per heavy atom. The van der Waals surface area contributed by atoms with Crippen molar-refractivity contribution in [1.82, 2.24) is 9.97 Å². The molecule has 0 saturated carbocycles. The van der Waals surface area contributed by atoms with E-state index in [-0.39, 0.29) is 34.6 Å². The molecule has 9 heteroatoms. The van der Waals surface area contributed by atoms with Gasteiger partial charge < -0.3 is 10.1 Å². The van der Waals surface area contributed by atoms with Crippen molar-refractivity contribution in [2.75, 3.05) is 19.0 Å². The summed E-state index contributed by atoms with van der Waals surface area (Å²) < 4.78 is 5.11. The number of aromatic nitrogens is 2. The van der Waals surface area contributed by atoms with E-state index < -0.39 is 5.56 Å². The van der Waals surface area contributed by atoms with Gasteiger partial charge in [0.05, 0.1) is 29.4 Å². The number of nitrogens with zero attached hydrogens (tertiary/aromatic N) is 2. The van der Waals surface area contributed by atoms with Crippen LogP contribution in [0, 0.1) is 11.3 Å². The van der Waals surface area contributed by atoms with E-state index in [1.807, 2.05) is 6.07 Å². The third-order valence-corrected chi connectivity index (χ3v) is 4.79. The lowest BCUT2D eigenvalue weighted by Crippen LogP contribution is -2.21. The van der Waals surface area contributed by atoms with Crippen LogP contribution in [0.4, 0.5) is 5.95 Å². The van der Waals surface area contributed by atoms with E-state index in [1.165, 1.54) is 19.2 Å². The highest BCUT2D eigenvalue weighted by atomic mass is 35.5. The zero-order valence-corrected chi connectivity index (χ0v) is 16.6. The van der Waals surface area contributed by atoms with Gasteiger partial charge in [0.1, 0.15) is 17.4 Å². The van der Waals surface area contributed by atoms with Gasteiger partial charge in [-0.3, -0.25) is 14.6 Å². The van der Waals surface area contributed by atoms with E-state index in [0.29, 0.717) is 21.9 Å². The number of rotatable bonds is 6. The number of Topliss-reactive ketones (excluding diaryl/α,β-unsaturated/α-hetero) is 1. The average molecular weight is 429 g/mol. The number of benzene rings is 2. The number of aromatic amines is 1. The highest BCUT2D eigenvalue weighted by Crippen LogP contribution is 2.24. The van der Waals surface area contributed by atoms with Gasteiger partial charge in [0.2, 0.25) is 5.95 Å². The van der Waals surface area contributed by atoms with Crippen LogP contribution in [0.15, 0.2) is 47.3 Å². The first kappa shape index (κ1) is 20.4. The number of carbonyl (C=O) groups excluding carboxylic acids is 1. The summed E-state index contributed by atoms with van der Waals surface area (Å²) in [4.78, 5) is 31.4. The predicted molar refractivity (Wildman–Crippen MR) is 111 cm³/mol. The van der Waals surface area contributed by atoms with Gasteiger partial charge in [0.15, 0.2) is 5.78 Å². The van der Waals surface area contributed by atoms with Crippen molar-refractivity contribution in [3.8, 4) is 23.1 Å². The molecule has 0 aliphatic heterocycles. The highest BCUT2D eigenvalue weighted by molar-refractivity contribution is 6.42. The molecule has 2 N–H and O–H groups in total. The number of hydrogen-bond acceptors (Lipinski definition) is 6. The van der Waals surface area contributed by atoms with Gasteiger partial charge in [0.25, 0.3) is 5.56 Å². The van der Waals surface area contributed by atoms with Crippen molar-refractivity contribution < 1.29 is 9.53 Å². The molecule has 1 heterocycles. The van der Waals surface area contributed by atoms with Gasteiger partial charge in [-0.15, -0.1) is 0 Å². The summed E-state index contributed by atoms with van der Waals surface area (Å²) in [6.45, 7) is -0.144. The Morgan fingerprint density at radius 3 is 2.55 bits per heavy atom. The molecule has 1 aromatic heterocycles. The third kappa shape index (κ3) is 4.57. The number of ether oxygens (including phenoxy) is 1. The Hall–Kier alpha value is -3.34. The normalized spacial score (nSPS) is 10.3. The molecule has 0 unspecified atom stereocenters. The lowest BCUT2D eigenvalue weighted by molar-refractivity contribution is 0.101. The Kier molecular flexibility index (Phi) is 6.17. The summed E-state index contributed by atoms with van der Waals surface area (Å²) in [5, 5.41) is 12.7. The molecule has 0 spiro atoms. The number of nitrogens with one attached hydrogen (secondary N) is 2. The van der Waals surface area contributed by atoms with Crippen molar-refractivity contribution in [2.45, 2.75) is 0 Å². The van der Waals surface area contributed by atoms with E-state index in [2.05, 4.69) is 15.3 Å². The average Bonchev–Trinajstić information content (AvgIpc) is 2.73. The molecule has 0 saturated heterocycles. The summed E-state index contributed by atoms with van der Waals surface area (Å²) in [6, 6.07) is 13.2. The maximum atomic E-state index is 12.4. The second kappa shape index (κ2) is 8.78. The van der Waals surface area contributed by atoms with E-state index >= 15 is 0 Å². The number of nitriles is 1. The highest BCUT2D eigenvalue weighted by Gasteiger charge is 2.15. The zero-order chi connectivity index (χ0) is 21.0. The van der Waals surface area contributed by atoms with Gasteiger partial charge >= 0.3 is 0 Å². The Bertz CT molecular complexity index is 1170. The van der Waals surface area contributed by atoms with Crippen LogP contribution in [0.5, 0.6) is 5.75 Å². The van der Waals surface area contributed by atoms with Gasteiger partial charge in [-0.1, -0.05) is 23.2 Å². The van der Waals surface area contributed by atoms with Crippen LogP contribution < -0.4 is 15.6 Å². The molecule has 0 atom stereocenters. The fourth-order valence-electron chi connectivity index (χ4n) is 2.55. The molecule has 3 aromatic rings. The zero-order valence-electron chi connectivity index (χ0n) is 15.1. The summed E-state index contributed by atoms with van der Waals surface area (Å²) in [6.07, 6.45) is 0. The molecule has 0 aliphatic carbocycles. The van der Waals surface area contributed by atoms with E-state index in [1.54, 1.807) is 30.3 Å². The first-order valence-electron chi connectivity index (χ1n) is 8.34. The van der Waals surface area contributed by atoms with E-state index in [4.69, 9.17) is 27.9 Å². The number of anilines is 1. The fourth-order valence-corrected chi connectivity index (χ4v) is 2.85. The van der Waals surface area contributed by atoms with Crippen LogP contribution in [0.2, 0.25) is 10.0 Å². The molecular weight excluding hydrogens is 415 g/mol. The minimum Gasteiger partial charge on any atom is -0.497 e. The van der Waals surface area contributed by atoms with Crippen LogP contribution in [-0.4, -0.2) is 29.4 Å². The molecule has 2 aromatic carbocycles. The first-order valence-corrected chi connectivity index (χ1v) is 9.09. The quantitative estimate of drug-likeness (QED) is 0.575. The van der Waals surface area contributed by atoms with E-state index in [9.17, 15) is 14.9 Å². The third-order valence-electron chi connectivity index (χ3n) is 4.05. The van der Waals surface area contributed by atoms with Gasteiger partial charge in [-0.25, -0.2) is 4.98 Å². The van der Waals surface area contributed by atoms with Crippen molar-refractivity contribution in [2.24, 2.45) is 0 Å². The maximum absolute atomic E-state index is 12.4. The Morgan fingerprint density at radius 1 is 1.21 bits per heavy atom. The molecule has 0 fully saturated rings. The van der Waals surface area contributed by atoms with Gasteiger partial charge in [0, 0.05) is 11.1 Å².